The van der Waals surface area contributed by atoms with Crippen LogP contribution in [0.1, 0.15) is 16.1 Å². The van der Waals surface area contributed by atoms with Gasteiger partial charge in [0, 0.05) is 16.7 Å². The fourth-order valence-electron chi connectivity index (χ4n) is 2.90. The summed E-state index contributed by atoms with van der Waals surface area (Å²) in [5.74, 6) is 0.468. The van der Waals surface area contributed by atoms with Crippen molar-refractivity contribution in [3.05, 3.63) is 76.7 Å². The van der Waals surface area contributed by atoms with Gasteiger partial charge < -0.3 is 10.2 Å². The molecule has 1 aromatic heterocycles. The average Bonchev–Trinajstić information content (AvgIpc) is 3.08. The third-order valence-corrected chi connectivity index (χ3v) is 4.85. The Balaban J connectivity index is 1.53. The second-order valence-corrected chi connectivity index (χ2v) is 6.58. The molecule has 5 nitrogen and oxygen atoms in total. The number of benzene rings is 2. The fourth-order valence-corrected chi connectivity index (χ4v) is 3.29. The quantitative estimate of drug-likeness (QED) is 0.723. The van der Waals surface area contributed by atoms with Gasteiger partial charge in [0.25, 0.3) is 5.91 Å². The summed E-state index contributed by atoms with van der Waals surface area (Å²) in [4.78, 5) is 23.2. The number of fused-ring (bicyclic) bond motifs is 1. The highest BCUT2D eigenvalue weighted by Crippen LogP contribution is 2.32. The number of para-hydroxylation sites is 2. The molecule has 0 atom stereocenters. The van der Waals surface area contributed by atoms with Crippen LogP contribution in [0.3, 0.4) is 0 Å². The zero-order chi connectivity index (χ0) is 17.2. The Morgan fingerprint density at radius 2 is 1.84 bits per heavy atom. The Bertz CT molecular complexity index is 927. The van der Waals surface area contributed by atoms with Gasteiger partial charge in [0.05, 0.1) is 18.1 Å². The first-order chi connectivity index (χ1) is 12.2. The lowest BCUT2D eigenvalue weighted by Gasteiger charge is -2.17. The summed E-state index contributed by atoms with van der Waals surface area (Å²) < 4.78 is 0.821. The molecule has 1 amide bonds. The van der Waals surface area contributed by atoms with Crippen molar-refractivity contribution in [3.63, 3.8) is 0 Å². The second-order valence-electron chi connectivity index (χ2n) is 5.72. The number of amides is 1. The van der Waals surface area contributed by atoms with Gasteiger partial charge in [-0.25, -0.2) is 9.97 Å². The van der Waals surface area contributed by atoms with E-state index in [9.17, 15) is 4.79 Å². The van der Waals surface area contributed by atoms with Crippen molar-refractivity contribution >= 4 is 39.0 Å². The summed E-state index contributed by atoms with van der Waals surface area (Å²) in [5, 5.41) is 2.83. The SMILES string of the molecule is O=C(Nc1ccccc1Br)c1cnc(N2CCc3ccccc32)cn1. The van der Waals surface area contributed by atoms with E-state index in [1.54, 1.807) is 6.20 Å². The van der Waals surface area contributed by atoms with Crippen LogP contribution in [0.5, 0.6) is 0 Å². The van der Waals surface area contributed by atoms with E-state index in [4.69, 9.17) is 0 Å². The smallest absolute Gasteiger partial charge is 0.275 e. The molecule has 0 fully saturated rings. The molecule has 1 aliphatic heterocycles. The van der Waals surface area contributed by atoms with Crippen LogP contribution in [0.15, 0.2) is 65.4 Å². The predicted octanol–water partition coefficient (Wildman–Crippen LogP) is 4.19. The standard InChI is InChI=1S/C19H15BrN4O/c20-14-6-2-3-7-15(14)23-19(25)16-11-22-18(12-21-16)24-10-9-13-5-1-4-8-17(13)24/h1-8,11-12H,9-10H2,(H,23,25). The minimum absolute atomic E-state index is 0.284. The van der Waals surface area contributed by atoms with Gasteiger partial charge in [-0.05, 0) is 46.1 Å². The first-order valence-electron chi connectivity index (χ1n) is 7.96. The van der Waals surface area contributed by atoms with E-state index in [1.807, 2.05) is 36.4 Å². The number of aromatic nitrogens is 2. The molecule has 0 bridgehead atoms. The minimum atomic E-state index is -0.284. The Hall–Kier alpha value is -2.73. The summed E-state index contributed by atoms with van der Waals surface area (Å²) in [6.45, 7) is 0.872. The number of hydrogen-bond acceptors (Lipinski definition) is 4. The highest BCUT2D eigenvalue weighted by molar-refractivity contribution is 9.10. The average molecular weight is 395 g/mol. The van der Waals surface area contributed by atoms with E-state index < -0.39 is 0 Å². The molecule has 2 aromatic carbocycles. The molecule has 1 aliphatic rings. The highest BCUT2D eigenvalue weighted by Gasteiger charge is 2.21. The van der Waals surface area contributed by atoms with Crippen LogP contribution in [-0.4, -0.2) is 22.4 Å². The molecule has 0 spiro atoms. The Morgan fingerprint density at radius 1 is 1.04 bits per heavy atom. The van der Waals surface area contributed by atoms with Gasteiger partial charge in [0.2, 0.25) is 0 Å². The molecule has 1 N–H and O–H groups in total. The fraction of sp³-hybridized carbons (Fsp3) is 0.105. The van der Waals surface area contributed by atoms with Gasteiger partial charge in [-0.15, -0.1) is 0 Å². The van der Waals surface area contributed by atoms with Crippen LogP contribution in [0.4, 0.5) is 17.2 Å². The maximum Gasteiger partial charge on any atom is 0.275 e. The van der Waals surface area contributed by atoms with E-state index in [1.165, 1.54) is 11.8 Å². The summed E-state index contributed by atoms with van der Waals surface area (Å²) >= 11 is 3.41. The van der Waals surface area contributed by atoms with Crippen LogP contribution in [0.25, 0.3) is 0 Å². The number of carbonyl (C=O) groups excluding carboxylic acids is 1. The summed E-state index contributed by atoms with van der Waals surface area (Å²) in [5.41, 5.74) is 3.45. The maximum absolute atomic E-state index is 12.3. The third-order valence-electron chi connectivity index (χ3n) is 4.16. The number of nitrogens with zero attached hydrogens (tertiary/aromatic N) is 3. The van der Waals surface area contributed by atoms with Crippen molar-refractivity contribution in [3.8, 4) is 0 Å². The number of anilines is 3. The number of carbonyl (C=O) groups is 1. The highest BCUT2D eigenvalue weighted by atomic mass is 79.9. The number of hydrogen-bond donors (Lipinski definition) is 1. The molecule has 124 valence electrons. The van der Waals surface area contributed by atoms with Crippen LogP contribution < -0.4 is 10.2 Å². The van der Waals surface area contributed by atoms with E-state index >= 15 is 0 Å². The molecular formula is C19H15BrN4O. The summed E-state index contributed by atoms with van der Waals surface area (Å²) in [6.07, 6.45) is 4.15. The van der Waals surface area contributed by atoms with Gasteiger partial charge in [-0.3, -0.25) is 4.79 Å². The lowest BCUT2D eigenvalue weighted by Crippen LogP contribution is -2.18. The van der Waals surface area contributed by atoms with Crippen LogP contribution in [0.2, 0.25) is 0 Å². The van der Waals surface area contributed by atoms with Gasteiger partial charge >= 0.3 is 0 Å². The molecular weight excluding hydrogens is 380 g/mol. The normalized spacial score (nSPS) is 12.8. The van der Waals surface area contributed by atoms with Crippen LogP contribution in [0, 0.1) is 0 Å². The largest absolute Gasteiger partial charge is 0.325 e. The lowest BCUT2D eigenvalue weighted by atomic mass is 10.2. The Kier molecular flexibility index (Phi) is 4.19. The van der Waals surface area contributed by atoms with E-state index in [-0.39, 0.29) is 11.6 Å². The maximum atomic E-state index is 12.3. The molecule has 0 unspecified atom stereocenters. The molecule has 25 heavy (non-hydrogen) atoms. The van der Waals surface area contributed by atoms with Crippen LogP contribution in [-0.2, 0) is 6.42 Å². The summed E-state index contributed by atoms with van der Waals surface area (Å²) in [7, 11) is 0. The monoisotopic (exact) mass is 394 g/mol. The van der Waals surface area contributed by atoms with Gasteiger partial charge in [-0.2, -0.15) is 0 Å². The molecule has 0 radical (unpaired) electrons. The Labute approximate surface area is 153 Å². The van der Waals surface area contributed by atoms with Crippen molar-refractivity contribution in [2.75, 3.05) is 16.8 Å². The molecule has 0 saturated heterocycles. The molecule has 0 saturated carbocycles. The minimum Gasteiger partial charge on any atom is -0.325 e. The molecule has 4 rings (SSSR count). The van der Waals surface area contributed by atoms with Gasteiger partial charge in [-0.1, -0.05) is 30.3 Å². The van der Waals surface area contributed by atoms with Crippen molar-refractivity contribution in [2.45, 2.75) is 6.42 Å². The van der Waals surface area contributed by atoms with Crippen LogP contribution >= 0.6 is 15.9 Å². The third kappa shape index (κ3) is 3.13. The molecule has 3 aromatic rings. The molecule has 6 heteroatoms. The zero-order valence-corrected chi connectivity index (χ0v) is 14.9. The molecule has 2 heterocycles. The van der Waals surface area contributed by atoms with Crippen molar-refractivity contribution in [1.82, 2.24) is 9.97 Å². The summed E-state index contributed by atoms with van der Waals surface area (Å²) in [6, 6.07) is 15.7. The second kappa shape index (κ2) is 6.64. The molecule has 0 aliphatic carbocycles. The van der Waals surface area contributed by atoms with Crippen molar-refractivity contribution in [2.24, 2.45) is 0 Å². The lowest BCUT2D eigenvalue weighted by molar-refractivity contribution is 0.102. The van der Waals surface area contributed by atoms with Crippen molar-refractivity contribution in [1.29, 1.82) is 0 Å². The van der Waals surface area contributed by atoms with Gasteiger partial charge in [0.15, 0.2) is 5.82 Å². The van der Waals surface area contributed by atoms with E-state index in [0.29, 0.717) is 5.69 Å². The predicted molar refractivity (Wildman–Crippen MR) is 101 cm³/mol. The number of nitrogens with one attached hydrogen (secondary N) is 1. The Morgan fingerprint density at radius 3 is 2.64 bits per heavy atom. The first-order valence-corrected chi connectivity index (χ1v) is 8.75. The number of halogens is 1. The van der Waals surface area contributed by atoms with E-state index in [2.05, 4.69) is 48.2 Å². The zero-order valence-electron chi connectivity index (χ0n) is 13.3. The topological polar surface area (TPSA) is 58.1 Å². The van der Waals surface area contributed by atoms with Crippen molar-refractivity contribution < 1.29 is 4.79 Å². The first kappa shape index (κ1) is 15.8. The van der Waals surface area contributed by atoms with E-state index in [0.717, 1.165) is 28.9 Å². The van der Waals surface area contributed by atoms with Gasteiger partial charge in [0.1, 0.15) is 5.69 Å². The number of rotatable bonds is 3.